The van der Waals surface area contributed by atoms with E-state index in [2.05, 4.69) is 12.2 Å². The summed E-state index contributed by atoms with van der Waals surface area (Å²) in [4.78, 5) is 26.4. The van der Waals surface area contributed by atoms with E-state index in [4.69, 9.17) is 4.74 Å². The van der Waals surface area contributed by atoms with Gasteiger partial charge in [0, 0.05) is 6.54 Å². The zero-order chi connectivity index (χ0) is 17.0. The molecule has 2 fully saturated rings. The normalized spacial score (nSPS) is 26.7. The van der Waals surface area contributed by atoms with Crippen LogP contribution in [0.25, 0.3) is 0 Å². The van der Waals surface area contributed by atoms with Gasteiger partial charge in [-0.1, -0.05) is 31.5 Å². The number of rotatable bonds is 6. The molecule has 1 aromatic carbocycles. The van der Waals surface area contributed by atoms with Gasteiger partial charge in [-0.2, -0.15) is 0 Å². The quantitative estimate of drug-likeness (QED) is 0.643. The Morgan fingerprint density at radius 3 is 2.58 bits per heavy atom. The van der Waals surface area contributed by atoms with Crippen LogP contribution in [0.4, 0.5) is 4.79 Å². The molecular formula is C19H26N2O3. The molecule has 3 amide bonds. The van der Waals surface area contributed by atoms with E-state index in [-0.39, 0.29) is 11.9 Å². The molecule has 5 nitrogen and oxygen atoms in total. The van der Waals surface area contributed by atoms with Gasteiger partial charge in [0.05, 0.1) is 6.61 Å². The number of carbonyl (C=O) groups excluding carboxylic acids is 2. The number of hydrogen-bond acceptors (Lipinski definition) is 3. The lowest BCUT2D eigenvalue weighted by Gasteiger charge is -2.34. The smallest absolute Gasteiger partial charge is 0.325 e. The number of para-hydroxylation sites is 1. The second kappa shape index (κ2) is 7.24. The van der Waals surface area contributed by atoms with Crippen molar-refractivity contribution in [3.8, 4) is 5.75 Å². The van der Waals surface area contributed by atoms with E-state index >= 15 is 0 Å². The van der Waals surface area contributed by atoms with E-state index in [1.54, 1.807) is 0 Å². The molecule has 24 heavy (non-hydrogen) atoms. The van der Waals surface area contributed by atoms with Gasteiger partial charge < -0.3 is 10.1 Å². The van der Waals surface area contributed by atoms with Crippen molar-refractivity contribution in [3.05, 3.63) is 30.3 Å². The largest absolute Gasteiger partial charge is 0.494 e. The standard InChI is InChI=1S/C19H26N2O3/c1-2-15-9-11-19(12-10-15)17(22)21(18(23)20-19)13-6-14-24-16-7-4-3-5-8-16/h3-5,7-8,15H,2,6,9-14H2,1H3,(H,20,23). The number of carbonyl (C=O) groups is 2. The van der Waals surface area contributed by atoms with Gasteiger partial charge in [-0.25, -0.2) is 4.79 Å². The van der Waals surface area contributed by atoms with Crippen molar-refractivity contribution in [2.75, 3.05) is 13.2 Å². The number of ether oxygens (including phenoxy) is 1. The number of amides is 3. The van der Waals surface area contributed by atoms with E-state index in [1.165, 1.54) is 4.90 Å². The fourth-order valence-corrected chi connectivity index (χ4v) is 3.73. The summed E-state index contributed by atoms with van der Waals surface area (Å²) in [6.45, 7) is 3.10. The van der Waals surface area contributed by atoms with Crippen LogP contribution in [0.5, 0.6) is 5.75 Å². The number of nitrogens with zero attached hydrogens (tertiary/aromatic N) is 1. The summed E-state index contributed by atoms with van der Waals surface area (Å²) in [5.74, 6) is 1.46. The number of nitrogens with one attached hydrogen (secondary N) is 1. The van der Waals surface area contributed by atoms with Crippen molar-refractivity contribution in [2.45, 2.75) is 51.0 Å². The lowest BCUT2D eigenvalue weighted by molar-refractivity contribution is -0.132. The third-order valence-corrected chi connectivity index (χ3v) is 5.32. The fourth-order valence-electron chi connectivity index (χ4n) is 3.73. The number of imide groups is 1. The first kappa shape index (κ1) is 16.8. The minimum atomic E-state index is -0.636. The second-order valence-corrected chi connectivity index (χ2v) is 6.84. The maximum absolute atomic E-state index is 12.8. The van der Waals surface area contributed by atoms with Crippen LogP contribution in [0.15, 0.2) is 30.3 Å². The van der Waals surface area contributed by atoms with Gasteiger partial charge in [0.2, 0.25) is 0 Å². The van der Waals surface area contributed by atoms with Crippen molar-refractivity contribution in [3.63, 3.8) is 0 Å². The third kappa shape index (κ3) is 3.40. The molecule has 1 aliphatic heterocycles. The highest BCUT2D eigenvalue weighted by Crippen LogP contribution is 2.37. The molecule has 1 spiro atoms. The van der Waals surface area contributed by atoms with Gasteiger partial charge in [0.15, 0.2) is 0 Å². The van der Waals surface area contributed by atoms with E-state index in [0.717, 1.165) is 37.9 Å². The molecule has 0 aromatic heterocycles. The Bertz CT molecular complexity index is 580. The van der Waals surface area contributed by atoms with Crippen LogP contribution in [0.2, 0.25) is 0 Å². The molecular weight excluding hydrogens is 304 g/mol. The molecule has 5 heteroatoms. The minimum Gasteiger partial charge on any atom is -0.494 e. The summed E-state index contributed by atoms with van der Waals surface area (Å²) in [5.41, 5.74) is -0.636. The van der Waals surface area contributed by atoms with Crippen LogP contribution in [0.1, 0.15) is 45.4 Å². The molecule has 0 bridgehead atoms. The van der Waals surface area contributed by atoms with Crippen molar-refractivity contribution in [1.82, 2.24) is 10.2 Å². The zero-order valence-corrected chi connectivity index (χ0v) is 14.3. The SMILES string of the molecule is CCC1CCC2(CC1)NC(=O)N(CCCOc1ccccc1)C2=O. The molecule has 1 saturated carbocycles. The van der Waals surface area contributed by atoms with E-state index in [0.29, 0.717) is 25.5 Å². The number of hydrogen-bond donors (Lipinski definition) is 1. The van der Waals surface area contributed by atoms with Crippen LogP contribution < -0.4 is 10.1 Å². The van der Waals surface area contributed by atoms with Gasteiger partial charge in [-0.3, -0.25) is 9.69 Å². The first-order valence-corrected chi connectivity index (χ1v) is 8.96. The van der Waals surface area contributed by atoms with Crippen LogP contribution in [-0.2, 0) is 4.79 Å². The highest BCUT2D eigenvalue weighted by molar-refractivity contribution is 6.07. The Hall–Kier alpha value is -2.04. The van der Waals surface area contributed by atoms with Crippen molar-refractivity contribution < 1.29 is 14.3 Å². The van der Waals surface area contributed by atoms with Gasteiger partial charge in [-0.15, -0.1) is 0 Å². The van der Waals surface area contributed by atoms with Crippen molar-refractivity contribution in [2.24, 2.45) is 5.92 Å². The van der Waals surface area contributed by atoms with Crippen LogP contribution in [0, 0.1) is 5.92 Å². The second-order valence-electron chi connectivity index (χ2n) is 6.84. The Morgan fingerprint density at radius 1 is 1.21 bits per heavy atom. The zero-order valence-electron chi connectivity index (χ0n) is 14.3. The molecule has 3 rings (SSSR count). The molecule has 2 aliphatic rings. The Balaban J connectivity index is 1.50. The highest BCUT2D eigenvalue weighted by atomic mass is 16.5. The Morgan fingerprint density at radius 2 is 1.92 bits per heavy atom. The molecule has 130 valence electrons. The summed E-state index contributed by atoms with van der Waals surface area (Å²) in [6.07, 6.45) is 5.38. The predicted octanol–water partition coefficient (Wildman–Crippen LogP) is 3.35. The summed E-state index contributed by atoms with van der Waals surface area (Å²) >= 11 is 0. The molecule has 0 atom stereocenters. The van der Waals surface area contributed by atoms with Gasteiger partial charge >= 0.3 is 6.03 Å². The predicted molar refractivity (Wildman–Crippen MR) is 91.8 cm³/mol. The lowest BCUT2D eigenvalue weighted by atomic mass is 9.75. The van der Waals surface area contributed by atoms with Crippen LogP contribution in [0.3, 0.4) is 0 Å². The van der Waals surface area contributed by atoms with Crippen molar-refractivity contribution >= 4 is 11.9 Å². The molecule has 0 radical (unpaired) electrons. The average Bonchev–Trinajstić information content (AvgIpc) is 2.84. The number of benzene rings is 1. The number of urea groups is 1. The van der Waals surface area contributed by atoms with Crippen LogP contribution >= 0.6 is 0 Å². The summed E-state index contributed by atoms with van der Waals surface area (Å²) < 4.78 is 5.63. The molecule has 1 heterocycles. The lowest BCUT2D eigenvalue weighted by Crippen LogP contribution is -2.49. The summed E-state index contributed by atoms with van der Waals surface area (Å²) in [6, 6.07) is 9.33. The summed E-state index contributed by atoms with van der Waals surface area (Å²) in [7, 11) is 0. The Labute approximate surface area is 143 Å². The van der Waals surface area contributed by atoms with E-state index < -0.39 is 5.54 Å². The fraction of sp³-hybridized carbons (Fsp3) is 0.579. The average molecular weight is 330 g/mol. The molecule has 1 aromatic rings. The third-order valence-electron chi connectivity index (χ3n) is 5.32. The molecule has 0 unspecified atom stereocenters. The van der Waals surface area contributed by atoms with Crippen LogP contribution in [-0.4, -0.2) is 35.5 Å². The maximum atomic E-state index is 12.8. The maximum Gasteiger partial charge on any atom is 0.325 e. The topological polar surface area (TPSA) is 58.6 Å². The monoisotopic (exact) mass is 330 g/mol. The van der Waals surface area contributed by atoms with Gasteiger partial charge in [0.25, 0.3) is 5.91 Å². The van der Waals surface area contributed by atoms with Gasteiger partial charge in [0.1, 0.15) is 11.3 Å². The first-order valence-electron chi connectivity index (χ1n) is 8.96. The van der Waals surface area contributed by atoms with E-state index in [9.17, 15) is 9.59 Å². The molecule has 1 N–H and O–H groups in total. The molecule has 1 saturated heterocycles. The van der Waals surface area contributed by atoms with Crippen molar-refractivity contribution in [1.29, 1.82) is 0 Å². The first-order chi connectivity index (χ1) is 11.6. The Kier molecular flexibility index (Phi) is 5.07. The minimum absolute atomic E-state index is 0.0400. The highest BCUT2D eigenvalue weighted by Gasteiger charge is 2.51. The molecule has 1 aliphatic carbocycles. The summed E-state index contributed by atoms with van der Waals surface area (Å²) in [5, 5.41) is 2.97. The van der Waals surface area contributed by atoms with E-state index in [1.807, 2.05) is 30.3 Å². The van der Waals surface area contributed by atoms with Gasteiger partial charge in [-0.05, 0) is 50.2 Å².